The Balaban J connectivity index is 1.43. The van der Waals surface area contributed by atoms with Gasteiger partial charge in [-0.15, -0.1) is 0 Å². The van der Waals surface area contributed by atoms with Crippen molar-refractivity contribution in [1.29, 1.82) is 0 Å². The predicted octanol–water partition coefficient (Wildman–Crippen LogP) is 3.68. The van der Waals surface area contributed by atoms with Gasteiger partial charge in [0.1, 0.15) is 11.5 Å². The summed E-state index contributed by atoms with van der Waals surface area (Å²) in [7, 11) is 0. The minimum atomic E-state index is 0.504. The van der Waals surface area contributed by atoms with Gasteiger partial charge in [0.05, 0.1) is 0 Å². The standard InChI is InChI=1S/C17H25N3O/c1-13(17-4-3-14(2)21-17)6-10-20-11-7-15(8-12-20)16-5-9-18-19-16/h3-5,9,13,15H,6-8,10-12H2,1-2H3,(H,18,19). The molecular weight excluding hydrogens is 262 g/mol. The SMILES string of the molecule is Cc1ccc(C(C)CCN2CCC(c3ccn[nH]3)CC2)o1. The summed E-state index contributed by atoms with van der Waals surface area (Å²) < 4.78 is 5.72. The quantitative estimate of drug-likeness (QED) is 0.912. The molecule has 0 amide bonds. The lowest BCUT2D eigenvalue weighted by atomic mass is 9.93. The molecule has 3 rings (SSSR count). The summed E-state index contributed by atoms with van der Waals surface area (Å²) in [4.78, 5) is 2.58. The Morgan fingerprint density at radius 3 is 2.76 bits per heavy atom. The second-order valence-corrected chi connectivity index (χ2v) is 6.27. The molecule has 21 heavy (non-hydrogen) atoms. The summed E-state index contributed by atoms with van der Waals surface area (Å²) in [6, 6.07) is 6.29. The van der Waals surface area contributed by atoms with Crippen LogP contribution in [0.2, 0.25) is 0 Å². The lowest BCUT2D eigenvalue weighted by molar-refractivity contribution is 0.203. The molecule has 1 aliphatic heterocycles. The van der Waals surface area contributed by atoms with Crippen LogP contribution in [0.1, 0.15) is 55.2 Å². The van der Waals surface area contributed by atoms with Crippen molar-refractivity contribution < 1.29 is 4.42 Å². The van der Waals surface area contributed by atoms with E-state index < -0.39 is 0 Å². The van der Waals surface area contributed by atoms with Crippen LogP contribution in [0.25, 0.3) is 0 Å². The Kier molecular flexibility index (Phi) is 4.44. The van der Waals surface area contributed by atoms with Crippen molar-refractivity contribution in [3.05, 3.63) is 41.6 Å². The first-order valence-electron chi connectivity index (χ1n) is 8.00. The largest absolute Gasteiger partial charge is 0.466 e. The number of aromatic amines is 1. The highest BCUT2D eigenvalue weighted by molar-refractivity contribution is 5.10. The molecule has 4 heteroatoms. The molecule has 0 saturated carbocycles. The molecule has 1 unspecified atom stereocenters. The molecule has 0 aromatic carbocycles. The summed E-state index contributed by atoms with van der Waals surface area (Å²) in [5.74, 6) is 3.30. The number of furan rings is 1. The molecule has 4 nitrogen and oxygen atoms in total. The van der Waals surface area contributed by atoms with Gasteiger partial charge in [-0.2, -0.15) is 5.10 Å². The van der Waals surface area contributed by atoms with Crippen molar-refractivity contribution in [2.24, 2.45) is 0 Å². The number of aryl methyl sites for hydroxylation is 1. The van der Waals surface area contributed by atoms with Crippen molar-refractivity contribution in [3.63, 3.8) is 0 Å². The Bertz CT molecular complexity index is 538. The van der Waals surface area contributed by atoms with Gasteiger partial charge in [-0.3, -0.25) is 5.10 Å². The maximum atomic E-state index is 5.72. The third-order valence-electron chi connectivity index (χ3n) is 4.67. The lowest BCUT2D eigenvalue weighted by Crippen LogP contribution is -2.34. The zero-order valence-corrected chi connectivity index (χ0v) is 13.0. The maximum absolute atomic E-state index is 5.72. The van der Waals surface area contributed by atoms with E-state index in [9.17, 15) is 0 Å². The van der Waals surface area contributed by atoms with E-state index >= 15 is 0 Å². The van der Waals surface area contributed by atoms with E-state index in [1.807, 2.05) is 13.1 Å². The topological polar surface area (TPSA) is 45.1 Å². The molecule has 0 spiro atoms. The van der Waals surface area contributed by atoms with Crippen LogP contribution < -0.4 is 0 Å². The molecule has 1 fully saturated rings. The number of aromatic nitrogens is 2. The molecule has 0 radical (unpaired) electrons. The Hall–Kier alpha value is -1.55. The summed E-state index contributed by atoms with van der Waals surface area (Å²) in [5, 5.41) is 7.18. The summed E-state index contributed by atoms with van der Waals surface area (Å²) >= 11 is 0. The van der Waals surface area contributed by atoms with Crippen LogP contribution in [-0.2, 0) is 0 Å². The van der Waals surface area contributed by atoms with Gasteiger partial charge in [0.25, 0.3) is 0 Å². The van der Waals surface area contributed by atoms with Gasteiger partial charge in [0.15, 0.2) is 0 Å². The first-order chi connectivity index (χ1) is 10.2. The second kappa shape index (κ2) is 6.48. The number of hydrogen-bond donors (Lipinski definition) is 1. The maximum Gasteiger partial charge on any atom is 0.107 e. The average molecular weight is 287 g/mol. The van der Waals surface area contributed by atoms with Crippen LogP contribution in [0.5, 0.6) is 0 Å². The second-order valence-electron chi connectivity index (χ2n) is 6.27. The number of likely N-dealkylation sites (tertiary alicyclic amines) is 1. The fraction of sp³-hybridized carbons (Fsp3) is 0.588. The van der Waals surface area contributed by atoms with Gasteiger partial charge in [0, 0.05) is 23.7 Å². The van der Waals surface area contributed by atoms with Crippen molar-refractivity contribution >= 4 is 0 Å². The Labute approximate surface area is 126 Å². The van der Waals surface area contributed by atoms with Gasteiger partial charge in [0.2, 0.25) is 0 Å². The minimum Gasteiger partial charge on any atom is -0.466 e. The zero-order chi connectivity index (χ0) is 14.7. The van der Waals surface area contributed by atoms with Crippen molar-refractivity contribution in [2.45, 2.75) is 44.9 Å². The Morgan fingerprint density at radius 2 is 2.14 bits per heavy atom. The summed E-state index contributed by atoms with van der Waals surface area (Å²) in [6.07, 6.45) is 5.49. The highest BCUT2D eigenvalue weighted by Gasteiger charge is 2.22. The predicted molar refractivity (Wildman–Crippen MR) is 83.5 cm³/mol. The van der Waals surface area contributed by atoms with Crippen molar-refractivity contribution in [3.8, 4) is 0 Å². The first kappa shape index (κ1) is 14.4. The highest BCUT2D eigenvalue weighted by atomic mass is 16.3. The lowest BCUT2D eigenvalue weighted by Gasteiger charge is -2.31. The van der Waals surface area contributed by atoms with E-state index in [1.54, 1.807) is 0 Å². The van der Waals surface area contributed by atoms with Gasteiger partial charge in [-0.1, -0.05) is 6.92 Å². The van der Waals surface area contributed by atoms with Gasteiger partial charge in [-0.25, -0.2) is 0 Å². The molecule has 1 N–H and O–H groups in total. The van der Waals surface area contributed by atoms with Crippen LogP contribution in [0.15, 0.2) is 28.8 Å². The smallest absolute Gasteiger partial charge is 0.107 e. The first-order valence-corrected chi connectivity index (χ1v) is 8.00. The summed E-state index contributed by atoms with van der Waals surface area (Å²) in [6.45, 7) is 7.81. The number of H-pyrrole nitrogens is 1. The van der Waals surface area contributed by atoms with E-state index in [1.165, 1.54) is 38.0 Å². The third-order valence-corrected chi connectivity index (χ3v) is 4.67. The monoisotopic (exact) mass is 287 g/mol. The number of rotatable bonds is 5. The van der Waals surface area contributed by atoms with Crippen LogP contribution in [0.4, 0.5) is 0 Å². The molecular formula is C17H25N3O. The molecule has 2 aromatic heterocycles. The molecule has 114 valence electrons. The fourth-order valence-electron chi connectivity index (χ4n) is 3.20. The van der Waals surface area contributed by atoms with E-state index in [4.69, 9.17) is 4.42 Å². The molecule has 1 atom stereocenters. The van der Waals surface area contributed by atoms with Gasteiger partial charge >= 0.3 is 0 Å². The summed E-state index contributed by atoms with van der Waals surface area (Å²) in [5.41, 5.74) is 1.30. The minimum absolute atomic E-state index is 0.504. The van der Waals surface area contributed by atoms with Gasteiger partial charge in [-0.05, 0) is 64.0 Å². The van der Waals surface area contributed by atoms with Crippen LogP contribution >= 0.6 is 0 Å². The van der Waals surface area contributed by atoms with E-state index in [0.717, 1.165) is 18.1 Å². The normalized spacial score (nSPS) is 19.0. The molecule has 2 aromatic rings. The average Bonchev–Trinajstić information content (AvgIpc) is 3.16. The third kappa shape index (κ3) is 3.56. The Morgan fingerprint density at radius 1 is 1.33 bits per heavy atom. The molecule has 1 aliphatic rings. The van der Waals surface area contributed by atoms with E-state index in [-0.39, 0.29) is 0 Å². The molecule has 0 aliphatic carbocycles. The number of piperidine rings is 1. The molecule has 0 bridgehead atoms. The van der Waals surface area contributed by atoms with Crippen LogP contribution in [-0.4, -0.2) is 34.7 Å². The molecule has 1 saturated heterocycles. The fourth-order valence-corrected chi connectivity index (χ4v) is 3.20. The van der Waals surface area contributed by atoms with Gasteiger partial charge < -0.3 is 9.32 Å². The molecule has 3 heterocycles. The van der Waals surface area contributed by atoms with Crippen molar-refractivity contribution in [1.82, 2.24) is 15.1 Å². The van der Waals surface area contributed by atoms with Crippen LogP contribution in [0, 0.1) is 6.92 Å². The van der Waals surface area contributed by atoms with Crippen LogP contribution in [0.3, 0.4) is 0 Å². The van der Waals surface area contributed by atoms with E-state index in [2.05, 4.69) is 40.2 Å². The van der Waals surface area contributed by atoms with Crippen molar-refractivity contribution in [2.75, 3.05) is 19.6 Å². The number of nitrogens with one attached hydrogen (secondary N) is 1. The zero-order valence-electron chi connectivity index (χ0n) is 13.0. The number of nitrogens with zero attached hydrogens (tertiary/aromatic N) is 2. The highest BCUT2D eigenvalue weighted by Crippen LogP contribution is 2.27. The number of hydrogen-bond acceptors (Lipinski definition) is 3. The van der Waals surface area contributed by atoms with E-state index in [0.29, 0.717) is 11.8 Å².